The van der Waals surface area contributed by atoms with Crippen molar-refractivity contribution >= 4 is 40.8 Å². The van der Waals surface area contributed by atoms with Crippen LogP contribution < -0.4 is 15.1 Å². The van der Waals surface area contributed by atoms with Gasteiger partial charge in [-0.2, -0.15) is 5.26 Å². The zero-order valence-electron chi connectivity index (χ0n) is 22.7. The topological polar surface area (TPSA) is 106 Å². The molecule has 2 atom stereocenters. The summed E-state index contributed by atoms with van der Waals surface area (Å²) < 4.78 is 42.4. The van der Waals surface area contributed by atoms with Gasteiger partial charge in [-0.25, -0.2) is 18.2 Å². The minimum atomic E-state index is -2.90. The van der Waals surface area contributed by atoms with Crippen LogP contribution in [-0.2, 0) is 26.3 Å². The summed E-state index contributed by atoms with van der Waals surface area (Å²) in [6.45, 7) is 0. The molecule has 1 aromatic heterocycles. The molecule has 0 bridgehead atoms. The van der Waals surface area contributed by atoms with Crippen molar-refractivity contribution in [3.8, 4) is 6.07 Å². The lowest BCUT2D eigenvalue weighted by atomic mass is 9.83. The van der Waals surface area contributed by atoms with E-state index in [4.69, 9.17) is 11.6 Å². The third-order valence-electron chi connectivity index (χ3n) is 8.35. The highest BCUT2D eigenvalue weighted by atomic mass is 35.5. The highest BCUT2D eigenvalue weighted by molar-refractivity contribution is 6.31. The number of hydrogen-bond acceptors (Lipinski definition) is 5. The lowest BCUT2D eigenvalue weighted by molar-refractivity contribution is -0.137. The fourth-order valence-corrected chi connectivity index (χ4v) is 6.62. The van der Waals surface area contributed by atoms with Crippen LogP contribution in [0.15, 0.2) is 60.8 Å². The lowest BCUT2D eigenvalue weighted by Crippen LogP contribution is -2.64. The number of aryl methyl sites for hydroxylation is 1. The van der Waals surface area contributed by atoms with Crippen molar-refractivity contribution in [2.75, 3.05) is 9.80 Å². The van der Waals surface area contributed by atoms with E-state index in [0.717, 1.165) is 17.7 Å². The Morgan fingerprint density at radius 2 is 1.88 bits per heavy atom. The van der Waals surface area contributed by atoms with Gasteiger partial charge in [0.2, 0.25) is 5.91 Å². The van der Waals surface area contributed by atoms with E-state index in [9.17, 15) is 32.8 Å². The van der Waals surface area contributed by atoms with E-state index in [1.54, 1.807) is 18.2 Å². The fraction of sp³-hybridized carbons (Fsp3) is 0.323. The first-order valence-corrected chi connectivity index (χ1v) is 14.2. The van der Waals surface area contributed by atoms with Crippen LogP contribution in [0.5, 0.6) is 0 Å². The van der Waals surface area contributed by atoms with Crippen molar-refractivity contribution in [3.63, 3.8) is 0 Å². The van der Waals surface area contributed by atoms with Crippen LogP contribution in [-0.4, -0.2) is 40.7 Å². The number of amides is 3. The van der Waals surface area contributed by atoms with Gasteiger partial charge in [0.25, 0.3) is 17.7 Å². The first-order chi connectivity index (χ1) is 20.5. The molecule has 12 heteroatoms. The van der Waals surface area contributed by atoms with E-state index in [2.05, 4.69) is 10.3 Å². The molecule has 1 aliphatic heterocycles. The van der Waals surface area contributed by atoms with Gasteiger partial charge in [-0.3, -0.25) is 24.2 Å². The van der Waals surface area contributed by atoms with Crippen LogP contribution in [0.1, 0.15) is 48.8 Å². The van der Waals surface area contributed by atoms with Gasteiger partial charge in [0.15, 0.2) is 5.54 Å². The fourth-order valence-electron chi connectivity index (χ4n) is 6.41. The highest BCUT2D eigenvalue weighted by Crippen LogP contribution is 2.47. The molecule has 0 spiro atoms. The molecule has 3 aliphatic rings. The zero-order valence-corrected chi connectivity index (χ0v) is 23.5. The minimum absolute atomic E-state index is 0.0143. The van der Waals surface area contributed by atoms with Crippen molar-refractivity contribution in [1.29, 1.82) is 5.26 Å². The average molecular weight is 608 g/mol. The first-order valence-electron chi connectivity index (χ1n) is 13.8. The molecule has 2 fully saturated rings. The zero-order chi connectivity index (χ0) is 30.5. The Morgan fingerprint density at radius 1 is 1.12 bits per heavy atom. The molecule has 220 valence electrons. The summed E-state index contributed by atoms with van der Waals surface area (Å²) in [5, 5.41) is 12.1. The van der Waals surface area contributed by atoms with Crippen molar-refractivity contribution < 1.29 is 27.6 Å². The van der Waals surface area contributed by atoms with Crippen LogP contribution in [0, 0.1) is 17.1 Å². The number of alkyl halides is 2. The Kier molecular flexibility index (Phi) is 7.13. The number of nitrogens with one attached hydrogen (secondary N) is 1. The maximum absolute atomic E-state index is 14.9. The summed E-state index contributed by atoms with van der Waals surface area (Å²) in [7, 11) is 0. The lowest BCUT2D eigenvalue weighted by Gasteiger charge is -2.45. The average Bonchev–Trinajstić information content (AvgIpc) is 3.53. The normalized spacial score (nSPS) is 22.4. The van der Waals surface area contributed by atoms with Gasteiger partial charge in [0.1, 0.15) is 17.7 Å². The summed E-state index contributed by atoms with van der Waals surface area (Å²) in [5.41, 5.74) is -0.344. The van der Waals surface area contributed by atoms with E-state index in [0.29, 0.717) is 12.0 Å². The molecule has 1 saturated carbocycles. The van der Waals surface area contributed by atoms with Crippen LogP contribution in [0.25, 0.3) is 0 Å². The summed E-state index contributed by atoms with van der Waals surface area (Å²) in [4.78, 5) is 48.9. The SMILES string of the molecule is N#Cc1ccnc(N2C(=O)CCC2C(=O)N(c2cc(F)cc(Cl)c2)[C@]2(C(=O)NC3CC(F)(F)C3)CCc3ccccc32)c1. The molecule has 3 amide bonds. The highest BCUT2D eigenvalue weighted by Gasteiger charge is 2.57. The largest absolute Gasteiger partial charge is 0.351 e. The third-order valence-corrected chi connectivity index (χ3v) is 8.56. The van der Waals surface area contributed by atoms with E-state index >= 15 is 0 Å². The molecule has 0 radical (unpaired) electrons. The number of carbonyl (C=O) groups excluding carboxylic acids is 3. The maximum Gasteiger partial charge on any atom is 0.252 e. The van der Waals surface area contributed by atoms with E-state index in [1.165, 1.54) is 34.2 Å². The number of halogens is 4. The molecule has 3 aromatic rings. The molecule has 1 unspecified atom stereocenters. The molecule has 6 rings (SSSR count). The number of benzene rings is 2. The molecule has 8 nitrogen and oxygen atoms in total. The smallest absolute Gasteiger partial charge is 0.252 e. The molecular formula is C31H25ClF3N5O3. The molecule has 2 aliphatic carbocycles. The minimum Gasteiger partial charge on any atom is -0.351 e. The molecule has 2 aromatic carbocycles. The monoisotopic (exact) mass is 607 g/mol. The van der Waals surface area contributed by atoms with Crippen LogP contribution in [0.3, 0.4) is 0 Å². The Morgan fingerprint density at radius 3 is 2.60 bits per heavy atom. The second kappa shape index (κ2) is 10.7. The van der Waals surface area contributed by atoms with Gasteiger partial charge in [0.05, 0.1) is 11.6 Å². The predicted octanol–water partition coefficient (Wildman–Crippen LogP) is 5.03. The molecule has 1 saturated heterocycles. The second-order valence-electron chi connectivity index (χ2n) is 11.1. The number of nitrogens with zero attached hydrogens (tertiary/aromatic N) is 4. The van der Waals surface area contributed by atoms with Gasteiger partial charge >= 0.3 is 0 Å². The Balaban J connectivity index is 1.51. The number of nitriles is 1. The number of carbonyl (C=O) groups is 3. The van der Waals surface area contributed by atoms with Crippen LogP contribution in [0.4, 0.5) is 24.7 Å². The summed E-state index contributed by atoms with van der Waals surface area (Å²) in [6, 6.07) is 13.3. The summed E-state index contributed by atoms with van der Waals surface area (Å²) in [5.74, 6) is -5.39. The van der Waals surface area contributed by atoms with Crippen molar-refractivity contribution in [3.05, 3.63) is 88.3 Å². The van der Waals surface area contributed by atoms with Crippen molar-refractivity contribution in [2.24, 2.45) is 0 Å². The van der Waals surface area contributed by atoms with Crippen molar-refractivity contribution in [1.82, 2.24) is 10.3 Å². The van der Waals surface area contributed by atoms with E-state index in [-0.39, 0.29) is 41.4 Å². The standard InChI is InChI=1S/C31H25ClF3N5O3/c32-20-12-21(33)14-23(13-20)40(28(42)25-5-6-27(41)39(25)26-11-18(17-36)8-10-37-26)31(9-7-19-3-1-2-4-24(19)31)29(43)38-22-15-30(34,35)16-22/h1-4,8,10-14,22,25H,5-7,9,15-16H2,(H,38,43)/t25?,31-/m1/s1. The number of aromatic nitrogens is 1. The van der Waals surface area contributed by atoms with Crippen LogP contribution in [0.2, 0.25) is 5.02 Å². The van der Waals surface area contributed by atoms with Crippen LogP contribution >= 0.6 is 11.6 Å². The van der Waals surface area contributed by atoms with Crippen molar-refractivity contribution in [2.45, 2.75) is 62.1 Å². The van der Waals surface area contributed by atoms with Gasteiger partial charge in [-0.15, -0.1) is 0 Å². The summed E-state index contributed by atoms with van der Waals surface area (Å²) >= 11 is 6.25. The summed E-state index contributed by atoms with van der Waals surface area (Å²) in [6.07, 6.45) is 0.759. The number of pyridine rings is 1. The molecule has 1 N–H and O–H groups in total. The molecular weight excluding hydrogens is 583 g/mol. The van der Waals surface area contributed by atoms with Gasteiger partial charge in [-0.1, -0.05) is 35.9 Å². The van der Waals surface area contributed by atoms with E-state index in [1.807, 2.05) is 12.1 Å². The Labute approximate surface area is 250 Å². The molecule has 2 heterocycles. The number of fused-ring (bicyclic) bond motifs is 1. The van der Waals surface area contributed by atoms with Gasteiger partial charge < -0.3 is 5.32 Å². The van der Waals surface area contributed by atoms with Gasteiger partial charge in [-0.05, 0) is 60.7 Å². The number of anilines is 2. The molecule has 43 heavy (non-hydrogen) atoms. The third kappa shape index (κ3) is 4.99. The maximum atomic E-state index is 14.9. The number of hydrogen-bond donors (Lipinski definition) is 1. The van der Waals surface area contributed by atoms with E-state index < -0.39 is 59.9 Å². The van der Waals surface area contributed by atoms with Gasteiger partial charge in [0, 0.05) is 42.2 Å². The second-order valence-corrected chi connectivity index (χ2v) is 11.5. The Bertz CT molecular complexity index is 1670. The Hall–Kier alpha value is -4.43. The first kappa shape index (κ1) is 28.7. The predicted molar refractivity (Wildman–Crippen MR) is 151 cm³/mol. The quantitative estimate of drug-likeness (QED) is 0.423. The number of rotatable bonds is 6.